The van der Waals surface area contributed by atoms with Gasteiger partial charge >= 0.3 is 0 Å². The lowest BCUT2D eigenvalue weighted by Crippen LogP contribution is -2.26. The summed E-state index contributed by atoms with van der Waals surface area (Å²) in [7, 11) is 0. The highest BCUT2D eigenvalue weighted by Crippen LogP contribution is 2.25. The average Bonchev–Trinajstić information content (AvgIpc) is 2.94. The number of hydrogen-bond acceptors (Lipinski definition) is 1. The van der Waals surface area contributed by atoms with Crippen LogP contribution in [0.5, 0.6) is 0 Å². The third-order valence-corrected chi connectivity index (χ3v) is 4.25. The molecule has 108 valence electrons. The van der Waals surface area contributed by atoms with Gasteiger partial charge in [-0.1, -0.05) is 35.9 Å². The maximum Gasteiger partial charge on any atom is 0.251 e. The smallest absolute Gasteiger partial charge is 0.251 e. The van der Waals surface area contributed by atoms with E-state index in [0.717, 1.165) is 11.1 Å². The van der Waals surface area contributed by atoms with Crippen molar-refractivity contribution in [2.75, 3.05) is 0 Å². The van der Waals surface area contributed by atoms with Crippen LogP contribution in [0.1, 0.15) is 52.0 Å². The fourth-order valence-electron chi connectivity index (χ4n) is 3.01. The number of hydrogen-bond donors (Lipinski definition) is 1. The summed E-state index contributed by atoms with van der Waals surface area (Å²) in [6.07, 6.45) is 3.62. The zero-order chi connectivity index (χ0) is 14.8. The summed E-state index contributed by atoms with van der Waals surface area (Å²) < 4.78 is 0. The Labute approximate surface area is 126 Å². The molecule has 1 amide bonds. The SMILES string of the molecule is Cc1cccc(C(=O)NC(C)c2ccc3c(c2)CCC3)c1. The predicted octanol–water partition coefficient (Wildman–Crippen LogP) is 3.97. The molecule has 0 aromatic heterocycles. The van der Waals surface area contributed by atoms with E-state index in [4.69, 9.17) is 0 Å². The van der Waals surface area contributed by atoms with Crippen LogP contribution >= 0.6 is 0 Å². The number of fused-ring (bicyclic) bond motifs is 1. The highest BCUT2D eigenvalue weighted by molar-refractivity contribution is 5.94. The minimum Gasteiger partial charge on any atom is -0.346 e. The Morgan fingerprint density at radius 1 is 1.10 bits per heavy atom. The highest BCUT2D eigenvalue weighted by Gasteiger charge is 2.15. The molecule has 21 heavy (non-hydrogen) atoms. The molecular weight excluding hydrogens is 258 g/mol. The van der Waals surface area contributed by atoms with Crippen LogP contribution in [0.25, 0.3) is 0 Å². The molecule has 0 heterocycles. The van der Waals surface area contributed by atoms with Gasteiger partial charge in [-0.25, -0.2) is 0 Å². The number of amides is 1. The zero-order valence-corrected chi connectivity index (χ0v) is 12.6. The summed E-state index contributed by atoms with van der Waals surface area (Å²) in [5.41, 5.74) is 5.94. The van der Waals surface area contributed by atoms with Crippen LogP contribution in [0.15, 0.2) is 42.5 Å². The van der Waals surface area contributed by atoms with Crippen molar-refractivity contribution in [3.63, 3.8) is 0 Å². The fourth-order valence-corrected chi connectivity index (χ4v) is 3.01. The quantitative estimate of drug-likeness (QED) is 0.905. The van der Waals surface area contributed by atoms with Gasteiger partial charge in [0.2, 0.25) is 0 Å². The van der Waals surface area contributed by atoms with Gasteiger partial charge in [-0.15, -0.1) is 0 Å². The topological polar surface area (TPSA) is 29.1 Å². The van der Waals surface area contributed by atoms with E-state index in [0.29, 0.717) is 0 Å². The second-order valence-corrected chi connectivity index (χ2v) is 5.95. The van der Waals surface area contributed by atoms with Crippen molar-refractivity contribution in [3.05, 3.63) is 70.3 Å². The first-order valence-corrected chi connectivity index (χ1v) is 7.63. The molecule has 0 radical (unpaired) electrons. The molecular formula is C19H21NO. The van der Waals surface area contributed by atoms with E-state index in [1.54, 1.807) is 0 Å². The van der Waals surface area contributed by atoms with Crippen LogP contribution in [0.3, 0.4) is 0 Å². The van der Waals surface area contributed by atoms with Gasteiger partial charge < -0.3 is 5.32 Å². The molecule has 0 aliphatic heterocycles. The van der Waals surface area contributed by atoms with Crippen molar-refractivity contribution >= 4 is 5.91 Å². The molecule has 2 aromatic rings. The monoisotopic (exact) mass is 279 g/mol. The molecule has 3 rings (SSSR count). The van der Waals surface area contributed by atoms with E-state index in [9.17, 15) is 4.79 Å². The first-order valence-electron chi connectivity index (χ1n) is 7.63. The fraction of sp³-hybridized carbons (Fsp3) is 0.316. The maximum absolute atomic E-state index is 12.3. The Hall–Kier alpha value is -2.09. The van der Waals surface area contributed by atoms with Crippen molar-refractivity contribution in [3.8, 4) is 0 Å². The van der Waals surface area contributed by atoms with E-state index in [1.807, 2.05) is 38.1 Å². The minimum absolute atomic E-state index is 0.00769. The summed E-state index contributed by atoms with van der Waals surface area (Å²) in [6.45, 7) is 4.05. The van der Waals surface area contributed by atoms with Crippen LogP contribution in [0.2, 0.25) is 0 Å². The van der Waals surface area contributed by atoms with E-state index in [-0.39, 0.29) is 11.9 Å². The molecule has 0 bridgehead atoms. The molecule has 0 saturated heterocycles. The molecule has 2 heteroatoms. The Bertz CT molecular complexity index is 675. The van der Waals surface area contributed by atoms with Crippen molar-refractivity contribution in [1.82, 2.24) is 5.32 Å². The highest BCUT2D eigenvalue weighted by atomic mass is 16.1. The van der Waals surface area contributed by atoms with Crippen LogP contribution in [0, 0.1) is 6.92 Å². The summed E-state index contributed by atoms with van der Waals surface area (Å²) in [6, 6.07) is 14.3. The van der Waals surface area contributed by atoms with Gasteiger partial charge in [-0.3, -0.25) is 4.79 Å². The van der Waals surface area contributed by atoms with Gasteiger partial charge in [0.05, 0.1) is 6.04 Å². The van der Waals surface area contributed by atoms with Crippen LogP contribution in [-0.2, 0) is 12.8 Å². The van der Waals surface area contributed by atoms with Gasteiger partial charge in [-0.2, -0.15) is 0 Å². The number of benzene rings is 2. The van der Waals surface area contributed by atoms with Crippen molar-refractivity contribution < 1.29 is 4.79 Å². The Balaban J connectivity index is 1.74. The molecule has 2 aromatic carbocycles. The second-order valence-electron chi connectivity index (χ2n) is 5.95. The van der Waals surface area contributed by atoms with Crippen LogP contribution in [0.4, 0.5) is 0 Å². The lowest BCUT2D eigenvalue weighted by Gasteiger charge is -2.16. The summed E-state index contributed by atoms with van der Waals surface area (Å²) in [5.74, 6) is -0.00769. The summed E-state index contributed by atoms with van der Waals surface area (Å²) in [4.78, 5) is 12.3. The first-order chi connectivity index (χ1) is 10.1. The second kappa shape index (κ2) is 5.72. The predicted molar refractivity (Wildman–Crippen MR) is 85.5 cm³/mol. The van der Waals surface area contributed by atoms with Gasteiger partial charge in [0, 0.05) is 5.56 Å². The van der Waals surface area contributed by atoms with E-state index in [1.165, 1.54) is 36.0 Å². The van der Waals surface area contributed by atoms with E-state index < -0.39 is 0 Å². The molecule has 1 N–H and O–H groups in total. The molecule has 2 nitrogen and oxygen atoms in total. The average molecular weight is 279 g/mol. The normalized spacial score (nSPS) is 14.6. The van der Waals surface area contributed by atoms with Crippen LogP contribution < -0.4 is 5.32 Å². The zero-order valence-electron chi connectivity index (χ0n) is 12.6. The molecule has 0 saturated carbocycles. The van der Waals surface area contributed by atoms with Gasteiger partial charge in [0.1, 0.15) is 0 Å². The van der Waals surface area contributed by atoms with Gasteiger partial charge in [0.15, 0.2) is 0 Å². The molecule has 1 aliphatic carbocycles. The minimum atomic E-state index is -0.00769. The lowest BCUT2D eigenvalue weighted by molar-refractivity contribution is 0.0940. The summed E-state index contributed by atoms with van der Waals surface area (Å²) >= 11 is 0. The van der Waals surface area contributed by atoms with Crippen LogP contribution in [-0.4, -0.2) is 5.91 Å². The number of rotatable bonds is 3. The largest absolute Gasteiger partial charge is 0.346 e. The Morgan fingerprint density at radius 3 is 2.71 bits per heavy atom. The third-order valence-electron chi connectivity index (χ3n) is 4.25. The van der Waals surface area contributed by atoms with Crippen molar-refractivity contribution in [2.24, 2.45) is 0 Å². The molecule has 0 fully saturated rings. The summed E-state index contributed by atoms with van der Waals surface area (Å²) in [5, 5.41) is 3.09. The van der Waals surface area contributed by atoms with E-state index >= 15 is 0 Å². The molecule has 1 unspecified atom stereocenters. The van der Waals surface area contributed by atoms with Gasteiger partial charge in [-0.05, 0) is 61.9 Å². The molecule has 1 aliphatic rings. The Kier molecular flexibility index (Phi) is 3.78. The maximum atomic E-state index is 12.3. The van der Waals surface area contributed by atoms with Gasteiger partial charge in [0.25, 0.3) is 5.91 Å². The first kappa shape index (κ1) is 13.9. The number of aryl methyl sites for hydroxylation is 3. The van der Waals surface area contributed by atoms with Crippen molar-refractivity contribution in [1.29, 1.82) is 0 Å². The molecule has 0 spiro atoms. The Morgan fingerprint density at radius 2 is 1.90 bits per heavy atom. The standard InChI is InChI=1S/C19H21NO/c1-13-5-3-8-18(11-13)19(21)20-14(2)16-10-9-15-6-4-7-17(15)12-16/h3,5,8-12,14H,4,6-7H2,1-2H3,(H,20,21). The van der Waals surface area contributed by atoms with Crippen molar-refractivity contribution in [2.45, 2.75) is 39.2 Å². The van der Waals surface area contributed by atoms with E-state index in [2.05, 4.69) is 23.5 Å². The molecule has 1 atom stereocenters. The third kappa shape index (κ3) is 2.99. The number of carbonyl (C=O) groups excluding carboxylic acids is 1. The lowest BCUT2D eigenvalue weighted by atomic mass is 10.0. The number of carbonyl (C=O) groups is 1. The number of nitrogens with one attached hydrogen (secondary N) is 1.